The van der Waals surface area contributed by atoms with Gasteiger partial charge in [-0.2, -0.15) is 5.10 Å². The van der Waals surface area contributed by atoms with Gasteiger partial charge in [-0.3, -0.25) is 5.10 Å². The van der Waals surface area contributed by atoms with Gasteiger partial charge in [-0.25, -0.2) is 9.78 Å². The summed E-state index contributed by atoms with van der Waals surface area (Å²) in [6.07, 6.45) is 0. The fraction of sp³-hybridized carbons (Fsp3) is 0.133. The van der Waals surface area contributed by atoms with Crippen molar-refractivity contribution in [3.63, 3.8) is 0 Å². The Balaban J connectivity index is 2.10. The van der Waals surface area contributed by atoms with Gasteiger partial charge in [0.2, 0.25) is 0 Å². The molecule has 0 radical (unpaired) electrons. The Kier molecular flexibility index (Phi) is 3.79. The van der Waals surface area contributed by atoms with E-state index in [1.807, 2.05) is 13.0 Å². The number of nitrogens with zero attached hydrogens (tertiary/aromatic N) is 2. The third kappa shape index (κ3) is 2.91. The van der Waals surface area contributed by atoms with Crippen molar-refractivity contribution in [2.75, 3.05) is 12.4 Å². The second kappa shape index (κ2) is 5.77. The van der Waals surface area contributed by atoms with E-state index in [9.17, 15) is 9.90 Å². The number of aromatic carboxylic acids is 1. The molecule has 0 saturated heterocycles. The summed E-state index contributed by atoms with van der Waals surface area (Å²) in [5.74, 6) is 0.279. The lowest BCUT2D eigenvalue weighted by atomic mass is 10.1. The number of halogens is 1. The number of hydrogen-bond acceptors (Lipinski definition) is 5. The van der Waals surface area contributed by atoms with Gasteiger partial charge in [0.15, 0.2) is 5.82 Å². The summed E-state index contributed by atoms with van der Waals surface area (Å²) in [6.45, 7) is 1.89. The molecular formula is C15H13ClN4O3. The van der Waals surface area contributed by atoms with Crippen molar-refractivity contribution in [2.24, 2.45) is 0 Å². The van der Waals surface area contributed by atoms with Crippen molar-refractivity contribution in [3.8, 4) is 5.75 Å². The lowest BCUT2D eigenvalue weighted by molar-refractivity contribution is 0.0693. The van der Waals surface area contributed by atoms with Gasteiger partial charge in [-0.15, -0.1) is 0 Å². The first-order valence-electron chi connectivity index (χ1n) is 6.68. The Bertz CT molecular complexity index is 907. The molecule has 3 N–H and O–H groups in total. The highest BCUT2D eigenvalue weighted by atomic mass is 35.5. The lowest BCUT2D eigenvalue weighted by Gasteiger charge is -2.10. The van der Waals surface area contributed by atoms with Crippen LogP contribution in [-0.4, -0.2) is 33.4 Å². The smallest absolute Gasteiger partial charge is 0.339 e. The maximum absolute atomic E-state index is 11.3. The number of rotatable bonds is 4. The summed E-state index contributed by atoms with van der Waals surface area (Å²) >= 11 is 6.19. The van der Waals surface area contributed by atoms with Crippen LogP contribution >= 0.6 is 11.6 Å². The highest BCUT2D eigenvalue weighted by molar-refractivity contribution is 6.34. The average molecular weight is 333 g/mol. The van der Waals surface area contributed by atoms with Crippen LogP contribution in [0.5, 0.6) is 5.75 Å². The number of ether oxygens (including phenoxy) is 1. The molecule has 2 heterocycles. The topological polar surface area (TPSA) is 100 Å². The van der Waals surface area contributed by atoms with E-state index in [4.69, 9.17) is 16.3 Å². The van der Waals surface area contributed by atoms with Crippen molar-refractivity contribution in [1.82, 2.24) is 15.2 Å². The zero-order chi connectivity index (χ0) is 16.6. The van der Waals surface area contributed by atoms with E-state index < -0.39 is 5.97 Å². The van der Waals surface area contributed by atoms with E-state index >= 15 is 0 Å². The van der Waals surface area contributed by atoms with Crippen molar-refractivity contribution in [1.29, 1.82) is 0 Å². The molecule has 1 aromatic carbocycles. The van der Waals surface area contributed by atoms with E-state index in [1.165, 1.54) is 13.2 Å². The molecule has 7 nitrogen and oxygen atoms in total. The molecular weight excluding hydrogens is 320 g/mol. The third-order valence-corrected chi connectivity index (χ3v) is 3.59. The number of aromatic amines is 1. The van der Waals surface area contributed by atoms with Crippen LogP contribution in [0.15, 0.2) is 24.3 Å². The van der Waals surface area contributed by atoms with Gasteiger partial charge in [-0.1, -0.05) is 11.6 Å². The Morgan fingerprint density at radius 2 is 2.09 bits per heavy atom. The number of pyridine rings is 1. The number of nitrogens with one attached hydrogen (secondary N) is 2. The molecule has 0 spiro atoms. The number of carboxylic acid groups (broad SMARTS) is 1. The summed E-state index contributed by atoms with van der Waals surface area (Å²) in [4.78, 5) is 15.5. The molecule has 0 aliphatic heterocycles. The number of hydrogen-bond donors (Lipinski definition) is 3. The number of aryl methyl sites for hydroxylation is 1. The Hall–Kier alpha value is -2.80. The molecule has 0 unspecified atom stereocenters. The first kappa shape index (κ1) is 15.1. The molecule has 0 aliphatic rings. The molecule has 8 heteroatoms. The molecule has 0 saturated carbocycles. The van der Waals surface area contributed by atoms with Crippen molar-refractivity contribution in [2.45, 2.75) is 6.92 Å². The average Bonchev–Trinajstić information content (AvgIpc) is 2.91. The Morgan fingerprint density at radius 3 is 2.70 bits per heavy atom. The summed E-state index contributed by atoms with van der Waals surface area (Å²) in [7, 11) is 1.42. The number of aromatic nitrogens is 3. The first-order chi connectivity index (χ1) is 11.0. The first-order valence-corrected chi connectivity index (χ1v) is 7.06. The fourth-order valence-corrected chi connectivity index (χ4v) is 2.51. The second-order valence-corrected chi connectivity index (χ2v) is 5.30. The largest absolute Gasteiger partial charge is 0.496 e. The monoisotopic (exact) mass is 332 g/mol. The minimum Gasteiger partial charge on any atom is -0.496 e. The van der Waals surface area contributed by atoms with Crippen LogP contribution < -0.4 is 10.1 Å². The molecule has 0 aliphatic carbocycles. The number of carbonyl (C=O) groups is 1. The number of fused-ring (bicyclic) bond motifs is 1. The number of anilines is 2. The predicted octanol–water partition coefficient (Wildman–Crippen LogP) is 3.37. The van der Waals surface area contributed by atoms with Crippen molar-refractivity contribution < 1.29 is 14.6 Å². The molecule has 118 valence electrons. The molecule has 3 aromatic rings. The molecule has 23 heavy (non-hydrogen) atoms. The van der Waals surface area contributed by atoms with Crippen LogP contribution in [0.1, 0.15) is 16.1 Å². The normalized spacial score (nSPS) is 10.7. The van der Waals surface area contributed by atoms with Gasteiger partial charge in [0, 0.05) is 17.1 Å². The van der Waals surface area contributed by atoms with Crippen LogP contribution in [0, 0.1) is 6.92 Å². The molecule has 3 rings (SSSR count). The van der Waals surface area contributed by atoms with Gasteiger partial charge in [0.05, 0.1) is 7.11 Å². The zero-order valence-electron chi connectivity index (χ0n) is 12.3. The highest BCUT2D eigenvalue weighted by Gasteiger charge is 2.15. The number of benzene rings is 1. The Labute approximate surface area is 136 Å². The van der Waals surface area contributed by atoms with Crippen LogP contribution in [0.3, 0.4) is 0 Å². The van der Waals surface area contributed by atoms with Crippen LogP contribution in [0.2, 0.25) is 5.15 Å². The van der Waals surface area contributed by atoms with Crippen LogP contribution in [-0.2, 0) is 0 Å². The van der Waals surface area contributed by atoms with Gasteiger partial charge in [0.1, 0.15) is 22.3 Å². The van der Waals surface area contributed by atoms with Crippen LogP contribution in [0.4, 0.5) is 11.6 Å². The predicted molar refractivity (Wildman–Crippen MR) is 86.9 cm³/mol. The number of carboxylic acids is 1. The quantitative estimate of drug-likeness (QED) is 0.633. The molecule has 0 amide bonds. The lowest BCUT2D eigenvalue weighted by Crippen LogP contribution is -2.01. The highest BCUT2D eigenvalue weighted by Crippen LogP contribution is 2.32. The zero-order valence-corrected chi connectivity index (χ0v) is 13.1. The van der Waals surface area contributed by atoms with E-state index in [0.29, 0.717) is 22.4 Å². The van der Waals surface area contributed by atoms with Gasteiger partial charge in [0.25, 0.3) is 0 Å². The van der Waals surface area contributed by atoms with Gasteiger partial charge < -0.3 is 15.2 Å². The molecule has 2 aromatic heterocycles. The number of H-pyrrole nitrogens is 1. The summed E-state index contributed by atoms with van der Waals surface area (Å²) < 4.78 is 5.13. The standard InChI is InChI=1S/C15H13ClN4O3/c1-7-3-13(20-19-7)17-12-5-8-4-11(23-2)10(15(21)22)6-9(8)14(16)18-12/h3-6H,1-2H3,(H,21,22)(H2,17,18,19,20). The van der Waals surface area contributed by atoms with E-state index in [1.54, 1.807) is 12.1 Å². The minimum atomic E-state index is -1.09. The summed E-state index contributed by atoms with van der Waals surface area (Å²) in [5.41, 5.74) is 0.944. The molecule has 0 bridgehead atoms. The second-order valence-electron chi connectivity index (χ2n) is 4.94. The van der Waals surface area contributed by atoms with Crippen molar-refractivity contribution >= 4 is 40.0 Å². The third-order valence-electron chi connectivity index (χ3n) is 3.30. The minimum absolute atomic E-state index is 0.0346. The fourth-order valence-electron chi connectivity index (χ4n) is 2.25. The van der Waals surface area contributed by atoms with E-state index in [0.717, 1.165) is 5.69 Å². The van der Waals surface area contributed by atoms with Crippen molar-refractivity contribution in [3.05, 3.63) is 40.7 Å². The summed E-state index contributed by atoms with van der Waals surface area (Å²) in [5, 5.41) is 20.6. The Morgan fingerprint density at radius 1 is 1.30 bits per heavy atom. The van der Waals surface area contributed by atoms with Gasteiger partial charge in [-0.05, 0) is 30.5 Å². The molecule has 0 atom stereocenters. The number of methoxy groups -OCH3 is 1. The summed E-state index contributed by atoms with van der Waals surface area (Å²) in [6, 6.07) is 6.65. The van der Waals surface area contributed by atoms with Crippen LogP contribution in [0.25, 0.3) is 10.8 Å². The molecule has 0 fully saturated rings. The maximum atomic E-state index is 11.3. The maximum Gasteiger partial charge on any atom is 0.339 e. The van der Waals surface area contributed by atoms with E-state index in [2.05, 4.69) is 20.5 Å². The SMILES string of the molecule is COc1cc2cc(Nc3cc(C)[nH]n3)nc(Cl)c2cc1C(=O)O. The van der Waals surface area contributed by atoms with Gasteiger partial charge >= 0.3 is 5.97 Å². The van der Waals surface area contributed by atoms with E-state index in [-0.39, 0.29) is 16.5 Å².